The lowest BCUT2D eigenvalue weighted by Crippen LogP contribution is -2.43. The first-order valence-corrected chi connectivity index (χ1v) is 6.03. The van der Waals surface area contributed by atoms with Crippen LogP contribution >= 0.6 is 0 Å². The summed E-state index contributed by atoms with van der Waals surface area (Å²) in [6, 6.07) is 0.428. The highest BCUT2D eigenvalue weighted by Crippen LogP contribution is 2.41. The topological polar surface area (TPSA) is 12.0 Å². The molecule has 15 heavy (non-hydrogen) atoms. The van der Waals surface area contributed by atoms with Gasteiger partial charge in [-0.15, -0.1) is 0 Å². The molecule has 0 aliphatic rings. The van der Waals surface area contributed by atoms with E-state index >= 15 is 0 Å². The molecule has 0 saturated heterocycles. The van der Waals surface area contributed by atoms with Crippen LogP contribution in [0.15, 0.2) is 0 Å². The molecular formula is C13H28FN. The van der Waals surface area contributed by atoms with Gasteiger partial charge in [0, 0.05) is 6.04 Å². The first-order valence-electron chi connectivity index (χ1n) is 6.03. The summed E-state index contributed by atoms with van der Waals surface area (Å²) < 4.78 is 14.6. The summed E-state index contributed by atoms with van der Waals surface area (Å²) in [6.07, 6.45) is 1.96. The van der Waals surface area contributed by atoms with Crippen molar-refractivity contribution < 1.29 is 4.39 Å². The Hall–Kier alpha value is -0.110. The third-order valence-electron chi connectivity index (χ3n) is 3.93. The maximum atomic E-state index is 14.6. The van der Waals surface area contributed by atoms with Gasteiger partial charge in [-0.2, -0.15) is 0 Å². The van der Waals surface area contributed by atoms with E-state index in [-0.39, 0.29) is 11.3 Å². The fourth-order valence-corrected chi connectivity index (χ4v) is 1.88. The Labute approximate surface area is 94.8 Å². The number of nitrogens with one attached hydrogen (secondary N) is 1. The third-order valence-corrected chi connectivity index (χ3v) is 3.93. The molecule has 3 atom stereocenters. The van der Waals surface area contributed by atoms with Crippen LogP contribution < -0.4 is 5.32 Å². The molecule has 0 aromatic rings. The van der Waals surface area contributed by atoms with E-state index < -0.39 is 5.67 Å². The zero-order chi connectivity index (χ0) is 12.3. The second-order valence-corrected chi connectivity index (χ2v) is 5.86. The normalized spacial score (nSPS) is 20.8. The van der Waals surface area contributed by atoms with E-state index in [1.807, 2.05) is 34.7 Å². The van der Waals surface area contributed by atoms with E-state index in [9.17, 15) is 4.39 Å². The molecule has 0 aliphatic heterocycles. The largest absolute Gasteiger partial charge is 0.317 e. The average molecular weight is 217 g/mol. The van der Waals surface area contributed by atoms with Crippen LogP contribution in [0.5, 0.6) is 0 Å². The Bertz CT molecular complexity index is 177. The van der Waals surface area contributed by atoms with Crippen molar-refractivity contribution in [2.75, 3.05) is 7.05 Å². The Morgan fingerprint density at radius 1 is 1.20 bits per heavy atom. The summed E-state index contributed by atoms with van der Waals surface area (Å²) >= 11 is 0. The quantitative estimate of drug-likeness (QED) is 0.739. The summed E-state index contributed by atoms with van der Waals surface area (Å²) in [7, 11) is 1.95. The first kappa shape index (κ1) is 14.9. The SMILES string of the molecule is CCC(CC(C)C(C)(F)C(C)(C)C)NC. The highest BCUT2D eigenvalue weighted by Gasteiger charge is 2.42. The van der Waals surface area contributed by atoms with Gasteiger partial charge in [0.15, 0.2) is 0 Å². The van der Waals surface area contributed by atoms with Crippen molar-refractivity contribution in [3.05, 3.63) is 0 Å². The van der Waals surface area contributed by atoms with Crippen LogP contribution in [0.2, 0.25) is 0 Å². The van der Waals surface area contributed by atoms with E-state index in [1.165, 1.54) is 0 Å². The molecule has 0 radical (unpaired) electrons. The van der Waals surface area contributed by atoms with E-state index in [0.717, 1.165) is 12.8 Å². The highest BCUT2D eigenvalue weighted by molar-refractivity contribution is 4.92. The van der Waals surface area contributed by atoms with Gasteiger partial charge >= 0.3 is 0 Å². The number of hydrogen-bond acceptors (Lipinski definition) is 1. The van der Waals surface area contributed by atoms with Crippen LogP contribution in [0.3, 0.4) is 0 Å². The highest BCUT2D eigenvalue weighted by atomic mass is 19.1. The minimum atomic E-state index is -1.11. The predicted molar refractivity (Wildman–Crippen MR) is 65.9 cm³/mol. The van der Waals surface area contributed by atoms with Gasteiger partial charge in [-0.05, 0) is 38.1 Å². The third kappa shape index (κ3) is 3.75. The van der Waals surface area contributed by atoms with E-state index in [4.69, 9.17) is 0 Å². The molecule has 92 valence electrons. The van der Waals surface area contributed by atoms with Gasteiger partial charge in [0.2, 0.25) is 0 Å². The van der Waals surface area contributed by atoms with Crippen LogP contribution in [0.1, 0.15) is 54.4 Å². The maximum absolute atomic E-state index is 14.6. The van der Waals surface area contributed by atoms with Crippen molar-refractivity contribution in [1.82, 2.24) is 5.32 Å². The van der Waals surface area contributed by atoms with Gasteiger partial charge in [-0.3, -0.25) is 0 Å². The number of halogens is 1. The van der Waals surface area contributed by atoms with Crippen molar-refractivity contribution in [3.63, 3.8) is 0 Å². The molecule has 2 heteroatoms. The molecule has 0 fully saturated rings. The summed E-state index contributed by atoms with van der Waals surface area (Å²) in [5.74, 6) is 0.0786. The van der Waals surface area contributed by atoms with Gasteiger partial charge in [0.05, 0.1) is 0 Å². The monoisotopic (exact) mass is 217 g/mol. The van der Waals surface area contributed by atoms with Crippen molar-refractivity contribution in [2.45, 2.75) is 66.1 Å². The smallest absolute Gasteiger partial charge is 0.115 e. The van der Waals surface area contributed by atoms with Crippen LogP contribution in [-0.2, 0) is 0 Å². The Morgan fingerprint density at radius 2 is 1.67 bits per heavy atom. The number of rotatable bonds is 5. The fraction of sp³-hybridized carbons (Fsp3) is 1.00. The van der Waals surface area contributed by atoms with Gasteiger partial charge in [0.25, 0.3) is 0 Å². The Morgan fingerprint density at radius 3 is 1.93 bits per heavy atom. The van der Waals surface area contributed by atoms with Crippen molar-refractivity contribution in [3.8, 4) is 0 Å². The molecule has 0 bridgehead atoms. The van der Waals surface area contributed by atoms with E-state index in [0.29, 0.717) is 6.04 Å². The minimum Gasteiger partial charge on any atom is -0.317 e. The van der Waals surface area contributed by atoms with Gasteiger partial charge < -0.3 is 5.32 Å². The lowest BCUT2D eigenvalue weighted by molar-refractivity contribution is -0.0106. The summed E-state index contributed by atoms with van der Waals surface area (Å²) in [5.41, 5.74) is -1.41. The molecule has 3 unspecified atom stereocenters. The van der Waals surface area contributed by atoms with Crippen molar-refractivity contribution >= 4 is 0 Å². The van der Waals surface area contributed by atoms with Crippen LogP contribution in [0.4, 0.5) is 4.39 Å². The van der Waals surface area contributed by atoms with Crippen LogP contribution in [-0.4, -0.2) is 18.8 Å². The van der Waals surface area contributed by atoms with Gasteiger partial charge in [-0.25, -0.2) is 4.39 Å². The number of hydrogen-bond donors (Lipinski definition) is 1. The molecule has 0 aromatic heterocycles. The van der Waals surface area contributed by atoms with Crippen LogP contribution in [0.25, 0.3) is 0 Å². The first-order chi connectivity index (χ1) is 6.66. The minimum absolute atomic E-state index is 0.0786. The predicted octanol–water partition coefficient (Wildman–Crippen LogP) is 3.78. The molecule has 0 saturated carbocycles. The lowest BCUT2D eigenvalue weighted by Gasteiger charge is -2.40. The average Bonchev–Trinajstić information content (AvgIpc) is 2.11. The van der Waals surface area contributed by atoms with Crippen molar-refractivity contribution in [1.29, 1.82) is 0 Å². The van der Waals surface area contributed by atoms with E-state index in [1.54, 1.807) is 6.92 Å². The molecule has 0 spiro atoms. The summed E-state index contributed by atoms with van der Waals surface area (Å²) in [6.45, 7) is 11.8. The lowest BCUT2D eigenvalue weighted by atomic mass is 9.70. The molecule has 0 amide bonds. The maximum Gasteiger partial charge on any atom is 0.115 e. The van der Waals surface area contributed by atoms with E-state index in [2.05, 4.69) is 12.2 Å². The Balaban J connectivity index is 4.49. The molecule has 0 aliphatic carbocycles. The fourth-order valence-electron chi connectivity index (χ4n) is 1.88. The molecular weight excluding hydrogens is 189 g/mol. The molecule has 1 N–H and O–H groups in total. The molecule has 1 nitrogen and oxygen atoms in total. The number of alkyl halides is 1. The standard InChI is InChI=1S/C13H28FN/c1-8-11(15-7)9-10(2)13(6,14)12(3,4)5/h10-11,15H,8-9H2,1-7H3. The zero-order valence-electron chi connectivity index (χ0n) is 11.4. The van der Waals surface area contributed by atoms with Crippen LogP contribution in [0, 0.1) is 11.3 Å². The summed E-state index contributed by atoms with van der Waals surface area (Å²) in [5, 5.41) is 3.24. The Kier molecular flexibility index (Phi) is 5.25. The molecule has 0 aromatic carbocycles. The van der Waals surface area contributed by atoms with Gasteiger partial charge in [0.1, 0.15) is 5.67 Å². The van der Waals surface area contributed by atoms with Gasteiger partial charge in [-0.1, -0.05) is 34.6 Å². The second-order valence-electron chi connectivity index (χ2n) is 5.86. The summed E-state index contributed by atoms with van der Waals surface area (Å²) in [4.78, 5) is 0. The second kappa shape index (κ2) is 5.29. The zero-order valence-corrected chi connectivity index (χ0v) is 11.4. The van der Waals surface area contributed by atoms with Crippen molar-refractivity contribution in [2.24, 2.45) is 11.3 Å². The molecule has 0 rings (SSSR count). The molecule has 0 heterocycles.